The quantitative estimate of drug-likeness (QED) is 0.482. The highest BCUT2D eigenvalue weighted by molar-refractivity contribution is 7.14. The number of thiophene rings is 1. The van der Waals surface area contributed by atoms with Gasteiger partial charge in [-0.05, 0) is 29.2 Å². The van der Waals surface area contributed by atoms with Crippen molar-refractivity contribution < 1.29 is 9.59 Å². The molecule has 126 valence electrons. The van der Waals surface area contributed by atoms with Gasteiger partial charge in [0.15, 0.2) is 10.9 Å². The molecule has 2 heterocycles. The van der Waals surface area contributed by atoms with E-state index in [0.717, 1.165) is 5.56 Å². The van der Waals surface area contributed by atoms with E-state index >= 15 is 0 Å². The Morgan fingerprint density at radius 1 is 1.12 bits per heavy atom. The lowest BCUT2D eigenvalue weighted by Crippen LogP contribution is -2.22. The van der Waals surface area contributed by atoms with Gasteiger partial charge >= 0.3 is 0 Å². The number of hydrogen-bond acceptors (Lipinski definition) is 5. The van der Waals surface area contributed by atoms with E-state index in [1.165, 1.54) is 34.1 Å². The second kappa shape index (κ2) is 7.55. The molecule has 0 aliphatic rings. The van der Waals surface area contributed by atoms with Crippen molar-refractivity contribution in [3.05, 3.63) is 64.5 Å². The van der Waals surface area contributed by atoms with Crippen LogP contribution in [0.15, 0.2) is 53.2 Å². The Balaban J connectivity index is 1.69. The van der Waals surface area contributed by atoms with E-state index in [9.17, 15) is 9.59 Å². The van der Waals surface area contributed by atoms with Crippen LogP contribution in [0.25, 0.3) is 16.5 Å². The van der Waals surface area contributed by atoms with Crippen molar-refractivity contribution >= 4 is 45.6 Å². The van der Waals surface area contributed by atoms with E-state index in [4.69, 9.17) is 0 Å². The van der Waals surface area contributed by atoms with E-state index in [1.807, 2.05) is 41.1 Å². The third kappa shape index (κ3) is 4.10. The van der Waals surface area contributed by atoms with E-state index in [1.54, 1.807) is 24.5 Å². The van der Waals surface area contributed by atoms with Crippen LogP contribution in [0.5, 0.6) is 0 Å². The number of thiazole rings is 1. The van der Waals surface area contributed by atoms with Crippen LogP contribution in [-0.4, -0.2) is 23.7 Å². The van der Waals surface area contributed by atoms with Crippen LogP contribution >= 0.6 is 22.7 Å². The average Bonchev–Trinajstić information content (AvgIpc) is 3.31. The molecule has 1 amide bonds. The number of rotatable bonds is 5. The van der Waals surface area contributed by atoms with Crippen molar-refractivity contribution in [2.75, 3.05) is 11.9 Å². The molecule has 3 aromatic rings. The Labute approximate surface area is 154 Å². The van der Waals surface area contributed by atoms with Gasteiger partial charge in [-0.2, -0.15) is 0 Å². The zero-order valence-corrected chi connectivity index (χ0v) is 15.4. The van der Waals surface area contributed by atoms with Gasteiger partial charge in [0.25, 0.3) is 0 Å². The van der Waals surface area contributed by atoms with Crippen LogP contribution in [0, 0.1) is 0 Å². The maximum absolute atomic E-state index is 12.3. The monoisotopic (exact) mass is 368 g/mol. The minimum atomic E-state index is -0.0770. The summed E-state index contributed by atoms with van der Waals surface area (Å²) in [5, 5.41) is 4.46. The van der Waals surface area contributed by atoms with Crippen molar-refractivity contribution in [2.24, 2.45) is 0 Å². The van der Waals surface area contributed by atoms with Crippen molar-refractivity contribution in [1.29, 1.82) is 0 Å². The number of carbonyl (C=O) groups is 2. The zero-order valence-electron chi connectivity index (χ0n) is 13.8. The molecule has 0 atom stereocenters. The van der Waals surface area contributed by atoms with Crippen molar-refractivity contribution in [1.82, 2.24) is 4.98 Å². The fourth-order valence-electron chi connectivity index (χ4n) is 2.14. The molecule has 0 fully saturated rings. The number of hydrogen-bond donors (Lipinski definition) is 0. The molecule has 0 aliphatic heterocycles. The second-order valence-electron chi connectivity index (χ2n) is 5.39. The molecule has 0 N–H and O–H groups in total. The number of anilines is 1. The third-order valence-electron chi connectivity index (χ3n) is 3.65. The fraction of sp³-hybridized carbons (Fsp3) is 0.105. The highest BCUT2D eigenvalue weighted by Gasteiger charge is 2.09. The van der Waals surface area contributed by atoms with Gasteiger partial charge in [0, 0.05) is 29.8 Å². The molecule has 25 heavy (non-hydrogen) atoms. The molecule has 0 radical (unpaired) electrons. The zero-order chi connectivity index (χ0) is 17.8. The standard InChI is InChI=1S/C19H16N2O2S2/c1-13(22)21(2)19-20-16(12-25-19)9-10-17(23)14-5-7-15(8-6-14)18-4-3-11-24-18/h3-12H,1-2H3/b10-9+. The lowest BCUT2D eigenvalue weighted by atomic mass is 10.1. The lowest BCUT2D eigenvalue weighted by molar-refractivity contribution is -0.116. The SMILES string of the molecule is CC(=O)N(C)c1nc(/C=C/C(=O)c2ccc(-c3cccs3)cc2)cs1. The number of benzene rings is 1. The van der Waals surface area contributed by atoms with Crippen molar-refractivity contribution in [3.63, 3.8) is 0 Å². The molecule has 3 rings (SSSR count). The molecule has 1 aromatic carbocycles. The summed E-state index contributed by atoms with van der Waals surface area (Å²) in [4.78, 5) is 30.6. The first-order valence-corrected chi connectivity index (χ1v) is 9.36. The molecule has 0 saturated heterocycles. The molecule has 6 heteroatoms. The van der Waals surface area contributed by atoms with Gasteiger partial charge in [-0.15, -0.1) is 22.7 Å². The average molecular weight is 368 g/mol. The Bertz CT molecular complexity index is 909. The lowest BCUT2D eigenvalue weighted by Gasteiger charge is -2.09. The Kier molecular flexibility index (Phi) is 5.21. The molecule has 2 aromatic heterocycles. The van der Waals surface area contributed by atoms with Crippen LogP contribution in [0.3, 0.4) is 0 Å². The minimum Gasteiger partial charge on any atom is -0.291 e. The summed E-state index contributed by atoms with van der Waals surface area (Å²) in [7, 11) is 1.68. The molecule has 0 unspecified atom stereocenters. The Morgan fingerprint density at radius 2 is 1.88 bits per heavy atom. The first kappa shape index (κ1) is 17.3. The molecular formula is C19H16N2O2S2. The van der Waals surface area contributed by atoms with E-state index in [2.05, 4.69) is 11.1 Å². The third-order valence-corrected chi connectivity index (χ3v) is 5.50. The highest BCUT2D eigenvalue weighted by atomic mass is 32.1. The summed E-state index contributed by atoms with van der Waals surface area (Å²) in [5.74, 6) is -0.154. The number of aromatic nitrogens is 1. The molecule has 0 bridgehead atoms. The first-order valence-electron chi connectivity index (χ1n) is 7.61. The van der Waals surface area contributed by atoms with Crippen LogP contribution < -0.4 is 4.90 Å². The predicted octanol–water partition coefficient (Wildman–Crippen LogP) is 4.75. The normalized spacial score (nSPS) is 11.0. The molecule has 0 saturated carbocycles. The molecule has 0 aliphatic carbocycles. The van der Waals surface area contributed by atoms with Crippen LogP contribution in [-0.2, 0) is 4.79 Å². The number of amides is 1. The summed E-state index contributed by atoms with van der Waals surface area (Å²) in [6.07, 6.45) is 3.18. The van der Waals surface area contributed by atoms with Crippen LogP contribution in [0.4, 0.5) is 5.13 Å². The van der Waals surface area contributed by atoms with Gasteiger partial charge in [-0.1, -0.05) is 30.3 Å². The van der Waals surface area contributed by atoms with Gasteiger partial charge < -0.3 is 0 Å². The number of ketones is 1. The molecular weight excluding hydrogens is 352 g/mol. The number of carbonyl (C=O) groups excluding carboxylic acids is 2. The van der Waals surface area contributed by atoms with Crippen molar-refractivity contribution in [3.8, 4) is 10.4 Å². The topological polar surface area (TPSA) is 50.3 Å². The summed E-state index contributed by atoms with van der Waals surface area (Å²) >= 11 is 3.04. The van der Waals surface area contributed by atoms with Crippen LogP contribution in [0.1, 0.15) is 23.0 Å². The van der Waals surface area contributed by atoms with Gasteiger partial charge in [0.2, 0.25) is 5.91 Å². The van der Waals surface area contributed by atoms with E-state index < -0.39 is 0 Å². The number of allylic oxidation sites excluding steroid dienone is 1. The molecule has 4 nitrogen and oxygen atoms in total. The van der Waals surface area contributed by atoms with Gasteiger partial charge in [0.05, 0.1) is 5.69 Å². The summed E-state index contributed by atoms with van der Waals surface area (Å²) in [5.41, 5.74) is 2.40. The Morgan fingerprint density at radius 3 is 2.52 bits per heavy atom. The number of nitrogens with zero attached hydrogens (tertiary/aromatic N) is 2. The summed E-state index contributed by atoms with van der Waals surface area (Å²) < 4.78 is 0. The first-order chi connectivity index (χ1) is 12.0. The van der Waals surface area contributed by atoms with Gasteiger partial charge in [-0.25, -0.2) is 4.98 Å². The largest absolute Gasteiger partial charge is 0.291 e. The highest BCUT2D eigenvalue weighted by Crippen LogP contribution is 2.25. The maximum atomic E-state index is 12.3. The van der Waals surface area contributed by atoms with Gasteiger partial charge in [-0.3, -0.25) is 14.5 Å². The van der Waals surface area contributed by atoms with Gasteiger partial charge in [0.1, 0.15) is 0 Å². The van der Waals surface area contributed by atoms with E-state index in [-0.39, 0.29) is 11.7 Å². The predicted molar refractivity (Wildman–Crippen MR) is 104 cm³/mol. The van der Waals surface area contributed by atoms with Crippen molar-refractivity contribution in [2.45, 2.75) is 6.92 Å². The van der Waals surface area contributed by atoms with E-state index in [0.29, 0.717) is 16.4 Å². The van der Waals surface area contributed by atoms with Crippen LogP contribution in [0.2, 0.25) is 0 Å². The second-order valence-corrected chi connectivity index (χ2v) is 7.17. The summed E-state index contributed by atoms with van der Waals surface area (Å²) in [6.45, 7) is 1.49. The smallest absolute Gasteiger partial charge is 0.225 e. The summed E-state index contributed by atoms with van der Waals surface area (Å²) in [6, 6.07) is 11.6. The fourth-order valence-corrected chi connectivity index (χ4v) is 3.68. The Hall–Kier alpha value is -2.57. The minimum absolute atomic E-state index is 0.0767. The maximum Gasteiger partial charge on any atom is 0.225 e. The molecule has 0 spiro atoms.